The van der Waals surface area contributed by atoms with Crippen molar-refractivity contribution in [2.75, 3.05) is 11.1 Å². The largest absolute Gasteiger partial charge is 0.396 e. The van der Waals surface area contributed by atoms with Gasteiger partial charge in [0.25, 0.3) is 11.6 Å². The van der Waals surface area contributed by atoms with Gasteiger partial charge in [-0.25, -0.2) is 14.4 Å². The van der Waals surface area contributed by atoms with E-state index in [1.54, 1.807) is 0 Å². The number of nitro benzene ring substituents is 1. The summed E-state index contributed by atoms with van der Waals surface area (Å²) in [5.41, 5.74) is 3.88. The molecule has 0 atom stereocenters. The lowest BCUT2D eigenvalue weighted by molar-refractivity contribution is -0.385. The minimum Gasteiger partial charge on any atom is -0.396 e. The van der Waals surface area contributed by atoms with Crippen LogP contribution >= 0.6 is 0 Å². The monoisotopic (exact) mass is 277 g/mol. The summed E-state index contributed by atoms with van der Waals surface area (Å²) in [6.07, 6.45) is 2.77. The molecule has 8 nitrogen and oxygen atoms in total. The Balaban J connectivity index is 2.39. The number of nitrogens with two attached hydrogens (primary N) is 1. The third-order valence-corrected chi connectivity index (χ3v) is 2.35. The molecule has 0 saturated heterocycles. The van der Waals surface area contributed by atoms with Crippen LogP contribution in [0.1, 0.15) is 10.4 Å². The van der Waals surface area contributed by atoms with Gasteiger partial charge in [0.05, 0.1) is 16.7 Å². The molecule has 9 heteroatoms. The Labute approximate surface area is 111 Å². The van der Waals surface area contributed by atoms with Gasteiger partial charge in [0.1, 0.15) is 5.56 Å². The summed E-state index contributed by atoms with van der Waals surface area (Å²) in [7, 11) is 0. The first-order valence-corrected chi connectivity index (χ1v) is 5.31. The maximum atomic E-state index is 13.2. The predicted octanol–water partition coefficient (Wildman–Crippen LogP) is 1.36. The highest BCUT2D eigenvalue weighted by atomic mass is 19.1. The smallest absolute Gasteiger partial charge is 0.285 e. The molecule has 1 heterocycles. The zero-order valence-electron chi connectivity index (χ0n) is 9.91. The van der Waals surface area contributed by atoms with E-state index < -0.39 is 22.3 Å². The van der Waals surface area contributed by atoms with Crippen LogP contribution in [0.3, 0.4) is 0 Å². The quantitative estimate of drug-likeness (QED) is 0.495. The summed E-state index contributed by atoms with van der Waals surface area (Å²) < 4.78 is 13.2. The summed E-state index contributed by atoms with van der Waals surface area (Å²) in [6.45, 7) is 0. The van der Waals surface area contributed by atoms with Crippen molar-refractivity contribution >= 4 is 23.2 Å². The molecule has 1 amide bonds. The zero-order chi connectivity index (χ0) is 14.7. The number of rotatable bonds is 3. The molecule has 0 saturated carbocycles. The first-order valence-electron chi connectivity index (χ1n) is 5.31. The van der Waals surface area contributed by atoms with Crippen LogP contribution in [0.25, 0.3) is 0 Å². The molecule has 3 N–H and O–H groups in total. The maximum absolute atomic E-state index is 13.2. The molecule has 1 aromatic carbocycles. The number of anilines is 2. The van der Waals surface area contributed by atoms with Crippen LogP contribution in [0.4, 0.5) is 21.7 Å². The lowest BCUT2D eigenvalue weighted by Gasteiger charge is -2.05. The number of aromatic nitrogens is 2. The molecule has 102 valence electrons. The Kier molecular flexibility index (Phi) is 3.51. The summed E-state index contributed by atoms with van der Waals surface area (Å²) in [4.78, 5) is 29.4. The van der Waals surface area contributed by atoms with Crippen molar-refractivity contribution < 1.29 is 14.1 Å². The van der Waals surface area contributed by atoms with Crippen molar-refractivity contribution in [3.8, 4) is 0 Å². The Morgan fingerprint density at radius 3 is 2.60 bits per heavy atom. The fourth-order valence-corrected chi connectivity index (χ4v) is 1.44. The minimum absolute atomic E-state index is 0.0327. The van der Waals surface area contributed by atoms with E-state index >= 15 is 0 Å². The normalized spacial score (nSPS) is 10.1. The van der Waals surface area contributed by atoms with E-state index in [2.05, 4.69) is 15.3 Å². The molecule has 0 bridgehead atoms. The number of nitrogens with one attached hydrogen (secondary N) is 1. The SMILES string of the molecule is Nc1cc(C(=O)Nc2ncccn2)c([N+](=O)[O-])cc1F. The second-order valence-corrected chi connectivity index (χ2v) is 3.67. The highest BCUT2D eigenvalue weighted by Crippen LogP contribution is 2.24. The van der Waals surface area contributed by atoms with Crippen molar-refractivity contribution in [2.45, 2.75) is 0 Å². The van der Waals surface area contributed by atoms with Gasteiger partial charge in [0, 0.05) is 12.4 Å². The average Bonchev–Trinajstić information content (AvgIpc) is 2.42. The number of benzene rings is 1. The van der Waals surface area contributed by atoms with Crippen LogP contribution < -0.4 is 11.1 Å². The third-order valence-electron chi connectivity index (χ3n) is 2.35. The van der Waals surface area contributed by atoms with E-state index in [-0.39, 0.29) is 17.2 Å². The van der Waals surface area contributed by atoms with Gasteiger partial charge in [-0.15, -0.1) is 0 Å². The Morgan fingerprint density at radius 2 is 2.00 bits per heavy atom. The standard InChI is InChI=1S/C11H8FN5O3/c12-7-5-9(17(19)20)6(4-8(7)13)10(18)16-11-14-2-1-3-15-11/h1-5H,13H2,(H,14,15,16,18). The van der Waals surface area contributed by atoms with Gasteiger partial charge >= 0.3 is 0 Å². The molecule has 20 heavy (non-hydrogen) atoms. The first-order chi connectivity index (χ1) is 9.49. The van der Waals surface area contributed by atoms with E-state index in [1.807, 2.05) is 0 Å². The van der Waals surface area contributed by atoms with Crippen LogP contribution in [0.5, 0.6) is 0 Å². The predicted molar refractivity (Wildman–Crippen MR) is 67.5 cm³/mol. The van der Waals surface area contributed by atoms with Crippen LogP contribution in [-0.2, 0) is 0 Å². The second-order valence-electron chi connectivity index (χ2n) is 3.67. The number of carbonyl (C=O) groups excluding carboxylic acids is 1. The van der Waals surface area contributed by atoms with Crippen molar-refractivity contribution in [1.82, 2.24) is 9.97 Å². The van der Waals surface area contributed by atoms with Crippen LogP contribution in [0.2, 0.25) is 0 Å². The van der Waals surface area contributed by atoms with Crippen molar-refractivity contribution in [2.24, 2.45) is 0 Å². The summed E-state index contributed by atoms with van der Waals surface area (Å²) in [5, 5.41) is 13.1. The molecule has 0 radical (unpaired) electrons. The highest BCUT2D eigenvalue weighted by molar-refractivity contribution is 6.06. The number of hydrogen-bond acceptors (Lipinski definition) is 6. The highest BCUT2D eigenvalue weighted by Gasteiger charge is 2.23. The fourth-order valence-electron chi connectivity index (χ4n) is 1.44. The fraction of sp³-hybridized carbons (Fsp3) is 0. The molecule has 2 rings (SSSR count). The number of carbonyl (C=O) groups is 1. The topological polar surface area (TPSA) is 124 Å². The van der Waals surface area contributed by atoms with Gasteiger partial charge in [-0.3, -0.25) is 20.2 Å². The first kappa shape index (κ1) is 13.3. The van der Waals surface area contributed by atoms with Gasteiger partial charge in [0.2, 0.25) is 5.95 Å². The Morgan fingerprint density at radius 1 is 1.35 bits per heavy atom. The van der Waals surface area contributed by atoms with Gasteiger partial charge < -0.3 is 5.73 Å². The molecule has 1 aromatic heterocycles. The molecule has 0 aliphatic carbocycles. The summed E-state index contributed by atoms with van der Waals surface area (Å²) >= 11 is 0. The lowest BCUT2D eigenvalue weighted by atomic mass is 10.1. The van der Waals surface area contributed by atoms with Gasteiger partial charge in [-0.2, -0.15) is 0 Å². The van der Waals surface area contributed by atoms with Gasteiger partial charge in [0.15, 0.2) is 5.82 Å². The Bertz CT molecular complexity index is 677. The van der Waals surface area contributed by atoms with E-state index in [4.69, 9.17) is 5.73 Å². The molecule has 0 spiro atoms. The third kappa shape index (κ3) is 2.66. The number of hydrogen-bond donors (Lipinski definition) is 2. The molecule has 0 unspecified atom stereocenters. The number of amides is 1. The van der Waals surface area contributed by atoms with E-state index in [9.17, 15) is 19.3 Å². The molecule has 2 aromatic rings. The van der Waals surface area contributed by atoms with Crippen molar-refractivity contribution in [3.63, 3.8) is 0 Å². The minimum atomic E-state index is -0.968. The van der Waals surface area contributed by atoms with Gasteiger partial charge in [-0.1, -0.05) is 0 Å². The van der Waals surface area contributed by atoms with E-state index in [0.29, 0.717) is 6.07 Å². The lowest BCUT2D eigenvalue weighted by Crippen LogP contribution is -2.16. The van der Waals surface area contributed by atoms with Gasteiger partial charge in [-0.05, 0) is 12.1 Å². The van der Waals surface area contributed by atoms with E-state index in [1.165, 1.54) is 18.5 Å². The number of nitrogen functional groups attached to an aromatic ring is 1. The number of nitro groups is 1. The average molecular weight is 277 g/mol. The number of halogens is 1. The van der Waals surface area contributed by atoms with E-state index in [0.717, 1.165) is 6.07 Å². The second kappa shape index (κ2) is 5.26. The van der Waals surface area contributed by atoms with Crippen molar-refractivity contribution in [1.29, 1.82) is 0 Å². The summed E-state index contributed by atoms with van der Waals surface area (Å²) in [6, 6.07) is 3.02. The zero-order valence-corrected chi connectivity index (χ0v) is 9.91. The Hall–Kier alpha value is -3.10. The van der Waals surface area contributed by atoms with Crippen LogP contribution in [0, 0.1) is 15.9 Å². The molecule has 0 aliphatic heterocycles. The van der Waals surface area contributed by atoms with Crippen LogP contribution in [0.15, 0.2) is 30.6 Å². The number of nitrogens with zero attached hydrogens (tertiary/aromatic N) is 3. The molecule has 0 fully saturated rings. The summed E-state index contributed by atoms with van der Waals surface area (Å²) in [5.74, 6) is -1.85. The van der Waals surface area contributed by atoms with Crippen molar-refractivity contribution in [3.05, 3.63) is 52.1 Å². The maximum Gasteiger partial charge on any atom is 0.285 e. The molecular weight excluding hydrogens is 269 g/mol. The van der Waals surface area contributed by atoms with Crippen LogP contribution in [-0.4, -0.2) is 20.8 Å². The molecular formula is C11H8FN5O3. The molecule has 0 aliphatic rings.